The molecule has 1 saturated carbocycles. The van der Waals surface area contributed by atoms with E-state index >= 15 is 0 Å². The Hall–Kier alpha value is -1.50. The first-order chi connectivity index (χ1) is 12.8. The van der Waals surface area contributed by atoms with Crippen molar-refractivity contribution in [1.29, 1.82) is 0 Å². The molecule has 1 aliphatic rings. The topological polar surface area (TPSA) is 37.3 Å². The van der Waals surface area contributed by atoms with Gasteiger partial charge in [-0.2, -0.15) is 0 Å². The molecule has 26 heavy (non-hydrogen) atoms. The van der Waals surface area contributed by atoms with Crippen LogP contribution in [-0.2, 0) is 4.79 Å². The van der Waals surface area contributed by atoms with Gasteiger partial charge in [-0.05, 0) is 56.4 Å². The van der Waals surface area contributed by atoms with Crippen LogP contribution < -0.4 is 10.6 Å². The van der Waals surface area contributed by atoms with Crippen molar-refractivity contribution in [3.8, 4) is 0 Å². The molecule has 3 rings (SSSR count). The Kier molecular flexibility index (Phi) is 7.00. The van der Waals surface area contributed by atoms with Gasteiger partial charge in [0.05, 0.1) is 23.5 Å². The maximum absolute atomic E-state index is 12.9. The second kappa shape index (κ2) is 9.44. The van der Waals surface area contributed by atoms with Gasteiger partial charge in [-0.25, -0.2) is 0 Å². The Morgan fingerprint density at radius 1 is 0.885 bits per heavy atom. The first-order valence-electron chi connectivity index (χ1n) is 9.89. The lowest BCUT2D eigenvalue weighted by molar-refractivity contribution is -0.116. The third-order valence-corrected chi connectivity index (χ3v) is 10.7. The molecule has 0 saturated heterocycles. The van der Waals surface area contributed by atoms with Crippen LogP contribution in [-0.4, -0.2) is 29.3 Å². The van der Waals surface area contributed by atoms with E-state index in [4.69, 9.17) is 5.11 Å². The number of hydrogen-bond donors (Lipinski definition) is 1. The monoisotopic (exact) mass is 369 g/mol. The number of carbonyl (C=O) groups excluding carboxylic acids is 1. The summed E-state index contributed by atoms with van der Waals surface area (Å²) in [5.74, 6) is 0.311. The van der Waals surface area contributed by atoms with E-state index in [1.54, 1.807) is 0 Å². The summed E-state index contributed by atoms with van der Waals surface area (Å²) in [5.41, 5.74) is 0.596. The maximum Gasteiger partial charge on any atom is 0.170 e. The summed E-state index contributed by atoms with van der Waals surface area (Å²) in [7, 11) is -1.80. The van der Waals surface area contributed by atoms with Crippen LogP contribution in [0.2, 0.25) is 0 Å². The molecular weight excluding hydrogens is 339 g/mol. The quantitative estimate of drug-likeness (QED) is 0.703. The molecule has 0 atom stereocenters. The predicted octanol–water partition coefficient (Wildman–Crippen LogP) is 4.33. The Morgan fingerprint density at radius 2 is 1.42 bits per heavy atom. The molecule has 0 amide bonds. The van der Waals surface area contributed by atoms with Gasteiger partial charge < -0.3 is 5.11 Å². The smallest absolute Gasteiger partial charge is 0.170 e. The molecule has 1 aliphatic carbocycles. The van der Waals surface area contributed by atoms with E-state index in [1.165, 1.54) is 42.7 Å². The Labute approximate surface area is 158 Å². The van der Waals surface area contributed by atoms with Crippen LogP contribution >= 0.6 is 7.26 Å². The summed E-state index contributed by atoms with van der Waals surface area (Å²) >= 11 is 0. The van der Waals surface area contributed by atoms with Crippen molar-refractivity contribution >= 4 is 23.7 Å². The molecule has 138 valence electrons. The van der Waals surface area contributed by atoms with Crippen LogP contribution in [0.5, 0.6) is 0 Å². The summed E-state index contributed by atoms with van der Waals surface area (Å²) in [4.78, 5) is 12.9. The molecule has 0 aliphatic heterocycles. The molecule has 0 unspecified atom stereocenters. The van der Waals surface area contributed by atoms with Crippen LogP contribution in [0.15, 0.2) is 60.7 Å². The van der Waals surface area contributed by atoms with Gasteiger partial charge in [-0.15, -0.1) is 0 Å². The van der Waals surface area contributed by atoms with Crippen molar-refractivity contribution in [1.82, 2.24) is 0 Å². The van der Waals surface area contributed by atoms with Crippen LogP contribution in [0.1, 0.15) is 44.9 Å². The first kappa shape index (κ1) is 19.3. The number of aliphatic hydroxyl groups is 1. The molecule has 1 N–H and O–H groups in total. The highest BCUT2D eigenvalue weighted by Crippen LogP contribution is 2.64. The molecule has 0 spiro atoms. The van der Waals surface area contributed by atoms with Crippen LogP contribution in [0.4, 0.5) is 0 Å². The average molecular weight is 369 g/mol. The fourth-order valence-electron chi connectivity index (χ4n) is 4.43. The largest absolute Gasteiger partial charge is 0.396 e. The molecule has 3 heteroatoms. The number of hydrogen-bond acceptors (Lipinski definition) is 2. The Morgan fingerprint density at radius 3 is 1.92 bits per heavy atom. The molecule has 0 bridgehead atoms. The SMILES string of the molecule is O=C(CCCO)C[P+](c1ccccc1)(c1ccccc1)C1CCCCC1. The normalized spacial score (nSPS) is 15.7. The van der Waals surface area contributed by atoms with E-state index in [9.17, 15) is 4.79 Å². The van der Waals surface area contributed by atoms with E-state index in [2.05, 4.69) is 60.7 Å². The van der Waals surface area contributed by atoms with E-state index in [1.807, 2.05) is 0 Å². The van der Waals surface area contributed by atoms with Crippen LogP contribution in [0.25, 0.3) is 0 Å². The van der Waals surface area contributed by atoms with Gasteiger partial charge in [0.15, 0.2) is 5.78 Å². The highest BCUT2D eigenvalue weighted by Gasteiger charge is 2.51. The third-order valence-electron chi connectivity index (χ3n) is 5.67. The summed E-state index contributed by atoms with van der Waals surface area (Å²) < 4.78 is 0. The number of benzene rings is 2. The molecule has 2 nitrogen and oxygen atoms in total. The fraction of sp³-hybridized carbons (Fsp3) is 0.435. The summed E-state index contributed by atoms with van der Waals surface area (Å²) in [6.07, 6.45) is 8.03. The van der Waals surface area contributed by atoms with Crippen molar-refractivity contribution in [3.63, 3.8) is 0 Å². The highest BCUT2D eigenvalue weighted by atomic mass is 31.2. The lowest BCUT2D eigenvalue weighted by Gasteiger charge is -2.36. The zero-order valence-corrected chi connectivity index (χ0v) is 16.4. The minimum atomic E-state index is -1.80. The number of Topliss-reactive ketones (excluding diaryl/α,β-unsaturated/α-hetero) is 1. The highest BCUT2D eigenvalue weighted by molar-refractivity contribution is 7.90. The number of carbonyl (C=O) groups is 1. The summed E-state index contributed by atoms with van der Waals surface area (Å²) in [5, 5.41) is 11.9. The molecule has 2 aromatic rings. The van der Waals surface area contributed by atoms with E-state index in [0.717, 1.165) is 0 Å². The van der Waals surface area contributed by atoms with Gasteiger partial charge in [0.25, 0.3) is 0 Å². The van der Waals surface area contributed by atoms with Crippen molar-refractivity contribution in [3.05, 3.63) is 60.7 Å². The molecule has 1 fully saturated rings. The zero-order chi connectivity index (χ0) is 18.2. The number of rotatable bonds is 8. The van der Waals surface area contributed by atoms with Crippen molar-refractivity contribution in [2.75, 3.05) is 12.8 Å². The minimum absolute atomic E-state index is 0.0945. The number of ketones is 1. The Balaban J connectivity index is 2.08. The molecule has 2 aromatic carbocycles. The lowest BCUT2D eigenvalue weighted by atomic mass is 10.0. The molecule has 0 radical (unpaired) electrons. The Bertz CT molecular complexity index is 638. The van der Waals surface area contributed by atoms with Crippen molar-refractivity contribution in [2.24, 2.45) is 0 Å². The van der Waals surface area contributed by atoms with Gasteiger partial charge in [0.2, 0.25) is 0 Å². The molecule has 0 aromatic heterocycles. The average Bonchev–Trinajstić information content (AvgIpc) is 2.72. The minimum Gasteiger partial charge on any atom is -0.396 e. The van der Waals surface area contributed by atoms with Crippen LogP contribution in [0.3, 0.4) is 0 Å². The lowest BCUT2D eigenvalue weighted by Crippen LogP contribution is -2.37. The van der Waals surface area contributed by atoms with E-state index in [0.29, 0.717) is 30.4 Å². The van der Waals surface area contributed by atoms with Crippen molar-refractivity contribution < 1.29 is 9.90 Å². The standard InChI is InChI=1S/C23H30O2P/c24-18-10-11-20(25)19-26(21-12-4-1-5-13-21,22-14-6-2-7-15-22)23-16-8-3-9-17-23/h1-2,4-7,12-15,23-24H,3,8-11,16-19H2/q+1. The van der Waals surface area contributed by atoms with Gasteiger partial charge in [-0.1, -0.05) is 42.8 Å². The summed E-state index contributed by atoms with van der Waals surface area (Å²) in [6.45, 7) is 0.0945. The second-order valence-electron chi connectivity index (χ2n) is 7.36. The van der Waals surface area contributed by atoms with Gasteiger partial charge in [0.1, 0.15) is 6.16 Å². The van der Waals surface area contributed by atoms with E-state index < -0.39 is 7.26 Å². The fourth-order valence-corrected chi connectivity index (χ4v) is 9.56. The van der Waals surface area contributed by atoms with Gasteiger partial charge in [0, 0.05) is 13.0 Å². The van der Waals surface area contributed by atoms with Gasteiger partial charge in [-0.3, -0.25) is 4.79 Å². The third kappa shape index (κ3) is 4.24. The number of aliphatic hydroxyl groups excluding tert-OH is 1. The zero-order valence-electron chi connectivity index (χ0n) is 15.5. The molecule has 0 heterocycles. The summed E-state index contributed by atoms with van der Waals surface area (Å²) in [6, 6.07) is 21.6. The maximum atomic E-state index is 12.9. The van der Waals surface area contributed by atoms with Crippen molar-refractivity contribution in [2.45, 2.75) is 50.6 Å². The first-order valence-corrected chi connectivity index (χ1v) is 11.9. The molecular formula is C23H30O2P+. The van der Waals surface area contributed by atoms with Gasteiger partial charge >= 0.3 is 0 Å². The predicted molar refractivity (Wildman–Crippen MR) is 112 cm³/mol. The second-order valence-corrected chi connectivity index (χ2v) is 11.2. The van der Waals surface area contributed by atoms with E-state index in [-0.39, 0.29) is 6.61 Å². The van der Waals surface area contributed by atoms with Crippen LogP contribution in [0, 0.1) is 0 Å².